The molecule has 1 atom stereocenters. The number of benzene rings is 2. The molecule has 152 valence electrons. The molecule has 2 aromatic rings. The van der Waals surface area contributed by atoms with Gasteiger partial charge in [0.15, 0.2) is 5.17 Å². The molecule has 0 bridgehead atoms. The van der Waals surface area contributed by atoms with E-state index in [-0.39, 0.29) is 18.2 Å². The van der Waals surface area contributed by atoms with E-state index in [9.17, 15) is 9.59 Å². The smallest absolute Gasteiger partial charge is 0.238 e. The van der Waals surface area contributed by atoms with Gasteiger partial charge in [-0.3, -0.25) is 14.5 Å². The van der Waals surface area contributed by atoms with Gasteiger partial charge in [0.05, 0.1) is 19.9 Å². The number of carbonyl (C=O) groups is 2. The van der Waals surface area contributed by atoms with Crippen LogP contribution in [-0.4, -0.2) is 47.9 Å². The Morgan fingerprint density at radius 2 is 1.90 bits per heavy atom. The molecule has 0 saturated carbocycles. The van der Waals surface area contributed by atoms with Crippen LogP contribution in [0.4, 0.5) is 11.4 Å². The number of nitrogens with one attached hydrogen (secondary N) is 1. The van der Waals surface area contributed by atoms with E-state index in [1.807, 2.05) is 25.1 Å². The number of aliphatic imine (C=N–C) groups is 1. The largest absolute Gasteiger partial charge is 0.497 e. The third-order valence-electron chi connectivity index (χ3n) is 4.38. The van der Waals surface area contributed by atoms with Crippen LogP contribution in [0.15, 0.2) is 53.5 Å². The first kappa shape index (κ1) is 20.7. The Kier molecular flexibility index (Phi) is 6.77. The van der Waals surface area contributed by atoms with E-state index >= 15 is 0 Å². The number of rotatable bonds is 6. The molecular weight excluding hydrogens is 390 g/mol. The number of amides is 2. The van der Waals surface area contributed by atoms with E-state index < -0.39 is 5.25 Å². The molecule has 8 heteroatoms. The van der Waals surface area contributed by atoms with Crippen molar-refractivity contribution >= 4 is 40.1 Å². The van der Waals surface area contributed by atoms with Crippen LogP contribution < -0.4 is 14.8 Å². The van der Waals surface area contributed by atoms with Crippen LogP contribution in [0, 0.1) is 0 Å². The molecule has 7 nitrogen and oxygen atoms in total. The molecule has 29 heavy (non-hydrogen) atoms. The first-order chi connectivity index (χ1) is 14.0. The van der Waals surface area contributed by atoms with Crippen LogP contribution in [0.5, 0.6) is 11.5 Å². The molecule has 3 rings (SSSR count). The summed E-state index contributed by atoms with van der Waals surface area (Å²) in [6.07, 6.45) is 0.123. The molecule has 2 amide bonds. The van der Waals surface area contributed by atoms with Gasteiger partial charge >= 0.3 is 0 Å². The van der Waals surface area contributed by atoms with Crippen molar-refractivity contribution in [1.29, 1.82) is 0 Å². The van der Waals surface area contributed by atoms with E-state index in [2.05, 4.69) is 10.3 Å². The molecule has 1 unspecified atom stereocenters. The Hall–Kier alpha value is -3.00. The molecular formula is C21H23N3O4S. The predicted octanol–water partition coefficient (Wildman–Crippen LogP) is 3.68. The highest BCUT2D eigenvalue weighted by Gasteiger charge is 2.35. The van der Waals surface area contributed by atoms with Crippen LogP contribution in [0.3, 0.4) is 0 Å². The number of anilines is 1. The zero-order valence-corrected chi connectivity index (χ0v) is 17.4. The lowest BCUT2D eigenvalue weighted by molar-refractivity contribution is -0.129. The van der Waals surface area contributed by atoms with Gasteiger partial charge in [-0.1, -0.05) is 17.8 Å². The van der Waals surface area contributed by atoms with Gasteiger partial charge in [0.1, 0.15) is 16.7 Å². The first-order valence-electron chi connectivity index (χ1n) is 9.18. The summed E-state index contributed by atoms with van der Waals surface area (Å²) in [6.45, 7) is 2.37. The minimum absolute atomic E-state index is 0.122. The maximum Gasteiger partial charge on any atom is 0.238 e. The van der Waals surface area contributed by atoms with Crippen molar-refractivity contribution in [2.24, 2.45) is 4.99 Å². The molecule has 1 N–H and O–H groups in total. The van der Waals surface area contributed by atoms with E-state index in [1.54, 1.807) is 49.5 Å². The lowest BCUT2D eigenvalue weighted by Gasteiger charge is -2.30. The summed E-state index contributed by atoms with van der Waals surface area (Å²) in [5.41, 5.74) is 1.31. The highest BCUT2D eigenvalue weighted by Crippen LogP contribution is 2.30. The van der Waals surface area contributed by atoms with Gasteiger partial charge in [-0.25, -0.2) is 4.99 Å². The number of methoxy groups -OCH3 is 2. The third kappa shape index (κ3) is 5.08. The Morgan fingerprint density at radius 3 is 2.55 bits per heavy atom. The average Bonchev–Trinajstić information content (AvgIpc) is 2.74. The van der Waals surface area contributed by atoms with Crippen LogP contribution in [0.2, 0.25) is 0 Å². The minimum Gasteiger partial charge on any atom is -0.497 e. The lowest BCUT2D eigenvalue weighted by atomic mass is 10.2. The Morgan fingerprint density at radius 1 is 1.17 bits per heavy atom. The van der Waals surface area contributed by atoms with Crippen LogP contribution in [-0.2, 0) is 9.59 Å². The number of nitrogens with zero attached hydrogens (tertiary/aromatic N) is 2. The molecule has 1 saturated heterocycles. The maximum absolute atomic E-state index is 12.8. The normalized spacial score (nSPS) is 17.9. The van der Waals surface area contributed by atoms with Crippen LogP contribution in [0.1, 0.15) is 13.3 Å². The van der Waals surface area contributed by atoms with E-state index in [0.717, 1.165) is 0 Å². The Bertz CT molecular complexity index is 914. The number of hydrogen-bond acceptors (Lipinski definition) is 6. The zero-order valence-electron chi connectivity index (χ0n) is 16.5. The lowest BCUT2D eigenvalue weighted by Crippen LogP contribution is -2.45. The van der Waals surface area contributed by atoms with Crippen molar-refractivity contribution in [3.63, 3.8) is 0 Å². The minimum atomic E-state index is -0.559. The SMILES string of the molecule is CCN1C(=O)CC(C(=O)Nc2ccc(OC)cc2)SC1=Nc1cccc(OC)c1. The standard InChI is InChI=1S/C21H23N3O4S/c1-4-24-19(25)13-18(20(26)22-14-8-10-16(27-2)11-9-14)29-21(24)23-15-6-5-7-17(12-15)28-3/h5-12,18H,4,13H2,1-3H3,(H,22,26). The Balaban J connectivity index is 1.79. The number of ether oxygens (including phenoxy) is 2. The summed E-state index contributed by atoms with van der Waals surface area (Å²) in [5, 5.41) is 2.81. The molecule has 1 heterocycles. The number of amidine groups is 1. The monoisotopic (exact) mass is 413 g/mol. The van der Waals surface area contributed by atoms with Crippen LogP contribution in [0.25, 0.3) is 0 Å². The van der Waals surface area contributed by atoms with Gasteiger partial charge in [-0.2, -0.15) is 0 Å². The molecule has 1 aliphatic heterocycles. The molecule has 2 aromatic carbocycles. The average molecular weight is 413 g/mol. The second-order valence-corrected chi connectivity index (χ2v) is 7.43. The van der Waals surface area contributed by atoms with Crippen molar-refractivity contribution in [3.05, 3.63) is 48.5 Å². The Labute approximate surface area is 174 Å². The topological polar surface area (TPSA) is 80.2 Å². The number of hydrogen-bond donors (Lipinski definition) is 1. The van der Waals surface area contributed by atoms with Crippen molar-refractivity contribution < 1.29 is 19.1 Å². The quantitative estimate of drug-likeness (QED) is 0.781. The maximum atomic E-state index is 12.8. The fourth-order valence-electron chi connectivity index (χ4n) is 2.84. The molecule has 0 aliphatic carbocycles. The van der Waals surface area contributed by atoms with Gasteiger partial charge in [-0.05, 0) is 43.3 Å². The molecule has 1 aliphatic rings. The summed E-state index contributed by atoms with van der Waals surface area (Å²) in [6, 6.07) is 14.3. The molecule has 0 spiro atoms. The predicted molar refractivity (Wildman–Crippen MR) is 115 cm³/mol. The molecule has 0 aromatic heterocycles. The molecule has 1 fully saturated rings. The first-order valence-corrected chi connectivity index (χ1v) is 10.1. The summed E-state index contributed by atoms with van der Waals surface area (Å²) in [4.78, 5) is 31.6. The van der Waals surface area contributed by atoms with Crippen molar-refractivity contribution in [2.75, 3.05) is 26.1 Å². The number of carbonyl (C=O) groups excluding carboxylic acids is 2. The van der Waals surface area contributed by atoms with Gasteiger partial charge < -0.3 is 14.8 Å². The van der Waals surface area contributed by atoms with Crippen molar-refractivity contribution in [1.82, 2.24) is 4.90 Å². The highest BCUT2D eigenvalue weighted by atomic mass is 32.2. The summed E-state index contributed by atoms with van der Waals surface area (Å²) < 4.78 is 10.4. The van der Waals surface area contributed by atoms with E-state index in [0.29, 0.717) is 34.6 Å². The van der Waals surface area contributed by atoms with E-state index in [1.165, 1.54) is 11.8 Å². The van der Waals surface area contributed by atoms with Gasteiger partial charge in [0, 0.05) is 24.7 Å². The van der Waals surface area contributed by atoms with Crippen LogP contribution >= 0.6 is 11.8 Å². The van der Waals surface area contributed by atoms with Crippen molar-refractivity contribution in [3.8, 4) is 11.5 Å². The van der Waals surface area contributed by atoms with Gasteiger partial charge in [-0.15, -0.1) is 0 Å². The van der Waals surface area contributed by atoms with Gasteiger partial charge in [0.2, 0.25) is 11.8 Å². The van der Waals surface area contributed by atoms with Gasteiger partial charge in [0.25, 0.3) is 0 Å². The fraction of sp³-hybridized carbons (Fsp3) is 0.286. The zero-order chi connectivity index (χ0) is 20.8. The second-order valence-electron chi connectivity index (χ2n) is 6.26. The second kappa shape index (κ2) is 9.47. The molecule has 0 radical (unpaired) electrons. The third-order valence-corrected chi connectivity index (χ3v) is 5.57. The summed E-state index contributed by atoms with van der Waals surface area (Å²) in [5.74, 6) is 1.03. The summed E-state index contributed by atoms with van der Waals surface area (Å²) in [7, 11) is 3.17. The fourth-order valence-corrected chi connectivity index (χ4v) is 4.00. The highest BCUT2D eigenvalue weighted by molar-refractivity contribution is 8.15. The van der Waals surface area contributed by atoms with Crippen molar-refractivity contribution in [2.45, 2.75) is 18.6 Å². The number of thioether (sulfide) groups is 1. The van der Waals surface area contributed by atoms with E-state index in [4.69, 9.17) is 9.47 Å². The summed E-state index contributed by atoms with van der Waals surface area (Å²) >= 11 is 1.29.